The number of aryl methyl sites for hydroxylation is 3. The van der Waals surface area contributed by atoms with E-state index in [9.17, 15) is 9.59 Å². The molecule has 0 aliphatic heterocycles. The van der Waals surface area contributed by atoms with Gasteiger partial charge in [-0.3, -0.25) is 9.59 Å². The van der Waals surface area contributed by atoms with Gasteiger partial charge in [0.1, 0.15) is 18.4 Å². The molecule has 2 N–H and O–H groups in total. The van der Waals surface area contributed by atoms with Crippen molar-refractivity contribution in [3.8, 4) is 5.75 Å². The zero-order chi connectivity index (χ0) is 27.5. The molecular formula is C29H45N3O5. The maximum atomic E-state index is 12.3. The number of rotatable bonds is 15. The van der Waals surface area contributed by atoms with Crippen LogP contribution in [0.15, 0.2) is 35.3 Å². The predicted molar refractivity (Wildman–Crippen MR) is 148 cm³/mol. The minimum Gasteiger partial charge on any atom is -0.492 e. The normalized spacial score (nSPS) is 13.8. The Morgan fingerprint density at radius 2 is 1.84 bits per heavy atom. The first-order chi connectivity index (χ1) is 17.5. The van der Waals surface area contributed by atoms with Gasteiger partial charge in [0, 0.05) is 50.8 Å². The van der Waals surface area contributed by atoms with Crippen LogP contribution in [0.1, 0.15) is 63.3 Å². The number of carbonyl (C=O) groups excluding carboxylic acids is 1. The van der Waals surface area contributed by atoms with Gasteiger partial charge in [-0.25, -0.2) is 0 Å². The van der Waals surface area contributed by atoms with Gasteiger partial charge < -0.3 is 29.4 Å². The van der Waals surface area contributed by atoms with Crippen LogP contribution in [-0.2, 0) is 21.3 Å². The molecule has 0 bridgehead atoms. The van der Waals surface area contributed by atoms with Crippen LogP contribution in [0, 0.1) is 19.8 Å². The van der Waals surface area contributed by atoms with Crippen molar-refractivity contribution < 1.29 is 19.0 Å². The summed E-state index contributed by atoms with van der Waals surface area (Å²) in [4.78, 5) is 24.4. The largest absolute Gasteiger partial charge is 0.492 e. The maximum Gasteiger partial charge on any atom is 0.323 e. The second-order valence-electron chi connectivity index (χ2n) is 10.1. The summed E-state index contributed by atoms with van der Waals surface area (Å²) in [6, 6.07) is 7.59. The number of methoxy groups -OCH3 is 1. The molecule has 1 heterocycles. The maximum absolute atomic E-state index is 12.3. The van der Waals surface area contributed by atoms with Gasteiger partial charge in [0.2, 0.25) is 0 Å². The quantitative estimate of drug-likeness (QED) is 0.266. The summed E-state index contributed by atoms with van der Waals surface area (Å²) in [5.41, 5.74) is 3.85. The lowest BCUT2D eigenvalue weighted by Gasteiger charge is -2.25. The van der Waals surface area contributed by atoms with Crippen molar-refractivity contribution in [1.82, 2.24) is 9.88 Å². The Morgan fingerprint density at radius 1 is 1.11 bits per heavy atom. The number of carbonyl (C=O) groups is 1. The van der Waals surface area contributed by atoms with E-state index in [0.29, 0.717) is 32.1 Å². The molecule has 0 fully saturated rings. The number of anilines is 1. The van der Waals surface area contributed by atoms with E-state index >= 15 is 0 Å². The van der Waals surface area contributed by atoms with Crippen LogP contribution in [-0.4, -0.2) is 49.6 Å². The third-order valence-corrected chi connectivity index (χ3v) is 6.22. The molecule has 3 atom stereocenters. The van der Waals surface area contributed by atoms with Gasteiger partial charge in [-0.1, -0.05) is 19.9 Å². The molecule has 8 nitrogen and oxygen atoms in total. The number of nitrogens with one attached hydrogen (secondary N) is 2. The minimum absolute atomic E-state index is 0.00964. The Labute approximate surface area is 221 Å². The van der Waals surface area contributed by atoms with Crippen LogP contribution in [0.3, 0.4) is 0 Å². The van der Waals surface area contributed by atoms with E-state index in [2.05, 4.69) is 24.5 Å². The van der Waals surface area contributed by atoms with Crippen molar-refractivity contribution in [2.24, 2.45) is 13.0 Å². The molecule has 8 heteroatoms. The van der Waals surface area contributed by atoms with Crippen LogP contribution in [0.5, 0.6) is 5.75 Å². The van der Waals surface area contributed by atoms with E-state index in [1.54, 1.807) is 18.7 Å². The van der Waals surface area contributed by atoms with Crippen molar-refractivity contribution in [1.29, 1.82) is 0 Å². The monoisotopic (exact) mass is 515 g/mol. The number of nitrogens with zero attached hydrogens (tertiary/aromatic N) is 1. The first kappa shape index (κ1) is 30.4. The summed E-state index contributed by atoms with van der Waals surface area (Å²) < 4.78 is 18.3. The molecule has 206 valence electrons. The van der Waals surface area contributed by atoms with Crippen molar-refractivity contribution in [2.75, 3.05) is 32.2 Å². The highest BCUT2D eigenvalue weighted by Gasteiger charge is 2.20. The SMILES string of the molecule is CCC(NCCOc1ccc(C)c(NC(CC(C)COC)c2cc(C)c(=O)n(C)c2)c1)C(=O)OC(C)C. The molecule has 0 saturated heterocycles. The molecule has 1 aromatic heterocycles. The van der Waals surface area contributed by atoms with E-state index in [1.165, 1.54) is 0 Å². The Morgan fingerprint density at radius 3 is 2.46 bits per heavy atom. The molecular weight excluding hydrogens is 470 g/mol. The van der Waals surface area contributed by atoms with E-state index in [-0.39, 0.29) is 29.7 Å². The van der Waals surface area contributed by atoms with Crippen LogP contribution >= 0.6 is 0 Å². The van der Waals surface area contributed by atoms with E-state index in [1.807, 2.05) is 58.2 Å². The van der Waals surface area contributed by atoms with Crippen molar-refractivity contribution in [3.63, 3.8) is 0 Å². The van der Waals surface area contributed by atoms with E-state index in [4.69, 9.17) is 14.2 Å². The zero-order valence-corrected chi connectivity index (χ0v) is 23.7. The first-order valence-corrected chi connectivity index (χ1v) is 13.2. The molecule has 2 aromatic rings. The van der Waals surface area contributed by atoms with Gasteiger partial charge in [0.25, 0.3) is 5.56 Å². The average Bonchev–Trinajstić information content (AvgIpc) is 2.83. The number of aromatic nitrogens is 1. The number of esters is 1. The topological polar surface area (TPSA) is 90.8 Å². The average molecular weight is 516 g/mol. The summed E-state index contributed by atoms with van der Waals surface area (Å²) in [6.45, 7) is 13.3. The lowest BCUT2D eigenvalue weighted by atomic mass is 9.95. The minimum atomic E-state index is -0.346. The fourth-order valence-corrected chi connectivity index (χ4v) is 4.28. The van der Waals surface area contributed by atoms with E-state index in [0.717, 1.165) is 34.5 Å². The fourth-order valence-electron chi connectivity index (χ4n) is 4.28. The van der Waals surface area contributed by atoms with Crippen molar-refractivity contribution in [2.45, 2.75) is 72.6 Å². The third kappa shape index (κ3) is 9.52. The lowest BCUT2D eigenvalue weighted by molar-refractivity contribution is -0.150. The van der Waals surface area contributed by atoms with Crippen LogP contribution in [0.4, 0.5) is 5.69 Å². The highest BCUT2D eigenvalue weighted by molar-refractivity contribution is 5.75. The van der Waals surface area contributed by atoms with Crippen molar-refractivity contribution in [3.05, 3.63) is 57.5 Å². The standard InChI is InChI=1S/C29H45N3O5/c1-9-25(29(34)37-19(2)3)30-12-13-36-24-11-10-21(5)26(16-24)31-27(14-20(4)18-35-8)23-15-22(6)28(33)32(7)17-23/h10-11,15-17,19-20,25,27,30-31H,9,12-14,18H2,1-8H3. The summed E-state index contributed by atoms with van der Waals surface area (Å²) in [7, 11) is 3.50. The molecule has 0 amide bonds. The molecule has 3 unspecified atom stereocenters. The van der Waals surface area contributed by atoms with Crippen molar-refractivity contribution >= 4 is 11.7 Å². The Kier molecular flexibility index (Phi) is 12.1. The Hall–Kier alpha value is -2.84. The van der Waals surface area contributed by atoms with Gasteiger partial charge in [-0.05, 0) is 69.7 Å². The molecule has 0 saturated carbocycles. The van der Waals surface area contributed by atoms with Crippen LogP contribution in [0.25, 0.3) is 0 Å². The number of hydrogen-bond donors (Lipinski definition) is 2. The highest BCUT2D eigenvalue weighted by atomic mass is 16.5. The summed E-state index contributed by atoms with van der Waals surface area (Å²) in [5, 5.41) is 6.91. The summed E-state index contributed by atoms with van der Waals surface area (Å²) in [6.07, 6.45) is 3.26. The molecule has 37 heavy (non-hydrogen) atoms. The number of pyridine rings is 1. The van der Waals surface area contributed by atoms with Crippen LogP contribution < -0.4 is 20.9 Å². The summed E-state index contributed by atoms with van der Waals surface area (Å²) in [5.74, 6) is 0.828. The predicted octanol–water partition coefficient (Wildman–Crippen LogP) is 4.53. The highest BCUT2D eigenvalue weighted by Crippen LogP contribution is 2.30. The summed E-state index contributed by atoms with van der Waals surface area (Å²) >= 11 is 0. The number of ether oxygens (including phenoxy) is 3. The number of hydrogen-bond acceptors (Lipinski definition) is 7. The molecule has 0 spiro atoms. The van der Waals surface area contributed by atoms with E-state index < -0.39 is 0 Å². The lowest BCUT2D eigenvalue weighted by Crippen LogP contribution is -2.40. The third-order valence-electron chi connectivity index (χ3n) is 6.22. The van der Waals surface area contributed by atoms with Gasteiger partial charge in [-0.2, -0.15) is 0 Å². The van der Waals surface area contributed by atoms with Crippen LogP contribution in [0.2, 0.25) is 0 Å². The molecule has 0 aliphatic rings. The second-order valence-corrected chi connectivity index (χ2v) is 10.1. The fraction of sp³-hybridized carbons (Fsp3) is 0.586. The smallest absolute Gasteiger partial charge is 0.323 e. The van der Waals surface area contributed by atoms with Gasteiger partial charge >= 0.3 is 5.97 Å². The van der Waals surface area contributed by atoms with Gasteiger partial charge in [0.05, 0.1) is 12.1 Å². The first-order valence-electron chi connectivity index (χ1n) is 13.2. The Bertz CT molecular complexity index is 1040. The molecule has 1 aromatic carbocycles. The number of benzene rings is 1. The molecule has 0 aliphatic carbocycles. The van der Waals surface area contributed by atoms with Gasteiger partial charge in [0.15, 0.2) is 0 Å². The molecule has 2 rings (SSSR count). The molecule has 0 radical (unpaired) electrons. The van der Waals surface area contributed by atoms with Gasteiger partial charge in [-0.15, -0.1) is 0 Å². The second kappa shape index (κ2) is 14.8. The Balaban J connectivity index is 2.12. The zero-order valence-electron chi connectivity index (χ0n) is 23.7.